The van der Waals surface area contributed by atoms with E-state index in [1.54, 1.807) is 4.90 Å². The fraction of sp³-hybridized carbons (Fsp3) is 0.333. The summed E-state index contributed by atoms with van der Waals surface area (Å²) in [7, 11) is 0. The Morgan fingerprint density at radius 1 is 0.829 bits per heavy atom. The first-order valence-electron chi connectivity index (χ1n) is 12.5. The van der Waals surface area contributed by atoms with Crippen LogP contribution in [0.2, 0.25) is 0 Å². The van der Waals surface area contributed by atoms with Gasteiger partial charge in [0.25, 0.3) is 0 Å². The minimum Gasteiger partial charge on any atom is -0.356 e. The number of benzene rings is 3. The molecule has 3 rings (SSSR count). The number of nitrogens with one attached hydrogen (secondary N) is 2. The first kappa shape index (κ1) is 26.0. The molecular weight excluding hydrogens is 434 g/mol. The van der Waals surface area contributed by atoms with Gasteiger partial charge in [-0.05, 0) is 55.5 Å². The van der Waals surface area contributed by atoms with E-state index in [0.717, 1.165) is 18.5 Å². The summed E-state index contributed by atoms with van der Waals surface area (Å²) < 4.78 is 0. The maximum Gasteiger partial charge on any atom is 0.322 e. The summed E-state index contributed by atoms with van der Waals surface area (Å²) in [6.45, 7) is 6.96. The molecule has 0 saturated heterocycles. The van der Waals surface area contributed by atoms with Crippen molar-refractivity contribution in [2.45, 2.75) is 52.0 Å². The van der Waals surface area contributed by atoms with Gasteiger partial charge in [0.1, 0.15) is 0 Å². The van der Waals surface area contributed by atoms with E-state index in [1.165, 1.54) is 16.7 Å². The first-order valence-corrected chi connectivity index (χ1v) is 12.5. The van der Waals surface area contributed by atoms with Crippen molar-refractivity contribution in [2.75, 3.05) is 18.4 Å². The molecule has 184 valence electrons. The predicted octanol–water partition coefficient (Wildman–Crippen LogP) is 6.22. The number of hydrogen-bond acceptors (Lipinski definition) is 2. The Morgan fingerprint density at radius 2 is 1.40 bits per heavy atom. The maximum atomic E-state index is 12.8. The van der Waals surface area contributed by atoms with Crippen LogP contribution in [0.1, 0.15) is 56.2 Å². The molecule has 0 spiro atoms. The molecule has 0 radical (unpaired) electrons. The third kappa shape index (κ3) is 7.99. The van der Waals surface area contributed by atoms with Gasteiger partial charge in [-0.15, -0.1) is 0 Å². The number of nitrogens with zero attached hydrogens (tertiary/aromatic N) is 1. The van der Waals surface area contributed by atoms with Crippen molar-refractivity contribution in [3.8, 4) is 0 Å². The Bertz CT molecular complexity index is 1010. The van der Waals surface area contributed by atoms with E-state index in [0.29, 0.717) is 13.1 Å². The van der Waals surface area contributed by atoms with Crippen molar-refractivity contribution < 1.29 is 9.59 Å². The molecule has 5 heteroatoms. The van der Waals surface area contributed by atoms with Crippen LogP contribution in [0, 0.1) is 0 Å². The second-order valence-corrected chi connectivity index (χ2v) is 9.03. The van der Waals surface area contributed by atoms with Crippen molar-refractivity contribution in [1.82, 2.24) is 10.2 Å². The Hall–Kier alpha value is -3.60. The van der Waals surface area contributed by atoms with Crippen LogP contribution in [0.15, 0.2) is 84.9 Å². The maximum absolute atomic E-state index is 12.8. The lowest BCUT2D eigenvalue weighted by Crippen LogP contribution is -2.42. The molecule has 0 aliphatic rings. The van der Waals surface area contributed by atoms with Crippen LogP contribution < -0.4 is 10.6 Å². The quantitative estimate of drug-likeness (QED) is 0.349. The molecule has 5 nitrogen and oxygen atoms in total. The largest absolute Gasteiger partial charge is 0.356 e. The lowest BCUT2D eigenvalue weighted by Gasteiger charge is -2.27. The van der Waals surface area contributed by atoms with Crippen molar-refractivity contribution in [3.63, 3.8) is 0 Å². The Kier molecular flexibility index (Phi) is 9.91. The molecule has 0 aliphatic heterocycles. The van der Waals surface area contributed by atoms with Gasteiger partial charge in [-0.2, -0.15) is 0 Å². The summed E-state index contributed by atoms with van der Waals surface area (Å²) in [6, 6.07) is 28.4. The molecule has 0 aliphatic carbocycles. The highest BCUT2D eigenvalue weighted by Gasteiger charge is 2.19. The zero-order chi connectivity index (χ0) is 25.0. The highest BCUT2D eigenvalue weighted by molar-refractivity contribution is 5.90. The Balaban J connectivity index is 1.51. The molecule has 35 heavy (non-hydrogen) atoms. The Labute approximate surface area is 209 Å². The van der Waals surface area contributed by atoms with E-state index in [-0.39, 0.29) is 30.3 Å². The van der Waals surface area contributed by atoms with E-state index in [9.17, 15) is 9.59 Å². The molecule has 0 bridgehead atoms. The zero-order valence-corrected chi connectivity index (χ0v) is 21.0. The highest BCUT2D eigenvalue weighted by Crippen LogP contribution is 2.27. The summed E-state index contributed by atoms with van der Waals surface area (Å²) in [5, 5.41) is 6.00. The third-order valence-electron chi connectivity index (χ3n) is 6.24. The topological polar surface area (TPSA) is 61.4 Å². The van der Waals surface area contributed by atoms with Gasteiger partial charge in [-0.3, -0.25) is 4.79 Å². The van der Waals surface area contributed by atoms with Crippen LogP contribution in [-0.4, -0.2) is 36.0 Å². The summed E-state index contributed by atoms with van der Waals surface area (Å²) in [5.41, 5.74) is 4.46. The lowest BCUT2D eigenvalue weighted by atomic mass is 9.88. The number of aryl methyl sites for hydroxylation is 1. The summed E-state index contributed by atoms with van der Waals surface area (Å²) >= 11 is 0. The number of amides is 3. The van der Waals surface area contributed by atoms with Crippen molar-refractivity contribution in [2.24, 2.45) is 0 Å². The molecule has 0 unspecified atom stereocenters. The molecule has 0 atom stereocenters. The summed E-state index contributed by atoms with van der Waals surface area (Å²) in [6.07, 6.45) is 2.03. The molecule has 3 amide bonds. The van der Waals surface area contributed by atoms with E-state index in [1.807, 2.05) is 74.5 Å². The molecule has 0 heterocycles. The number of carbonyl (C=O) groups excluding carboxylic acids is 2. The molecule has 2 N–H and O–H groups in total. The van der Waals surface area contributed by atoms with Gasteiger partial charge < -0.3 is 15.5 Å². The lowest BCUT2D eigenvalue weighted by molar-refractivity contribution is -0.121. The van der Waals surface area contributed by atoms with Crippen molar-refractivity contribution in [1.29, 1.82) is 0 Å². The third-order valence-corrected chi connectivity index (χ3v) is 6.24. The van der Waals surface area contributed by atoms with Gasteiger partial charge in [0.15, 0.2) is 0 Å². The number of rotatable bonds is 11. The predicted molar refractivity (Wildman–Crippen MR) is 144 cm³/mol. The standard InChI is InChI=1S/C30H37N3O2/c1-4-24-15-17-27(18-16-24)32-30(35)33(23(2)3)22-20-29(34)31-21-19-28(25-11-7-5-8-12-25)26-13-9-6-10-14-26/h5-18,23,28H,4,19-22H2,1-3H3,(H,31,34)(H,32,35). The van der Waals surface area contributed by atoms with E-state index < -0.39 is 0 Å². The van der Waals surface area contributed by atoms with Gasteiger partial charge in [-0.25, -0.2) is 4.79 Å². The van der Waals surface area contributed by atoms with Crippen molar-refractivity contribution >= 4 is 17.6 Å². The smallest absolute Gasteiger partial charge is 0.322 e. The summed E-state index contributed by atoms with van der Waals surface area (Å²) in [5.74, 6) is 0.172. The van der Waals surface area contributed by atoms with Crippen LogP contribution in [0.5, 0.6) is 0 Å². The normalized spacial score (nSPS) is 10.9. The minimum atomic E-state index is -0.190. The van der Waals surface area contributed by atoms with Gasteiger partial charge in [-0.1, -0.05) is 79.7 Å². The van der Waals surface area contributed by atoms with Gasteiger partial charge in [0.2, 0.25) is 5.91 Å². The number of urea groups is 1. The average Bonchev–Trinajstić information content (AvgIpc) is 2.88. The first-order chi connectivity index (χ1) is 17.0. The molecule has 0 fully saturated rings. The number of carbonyl (C=O) groups is 2. The fourth-order valence-corrected chi connectivity index (χ4v) is 4.18. The minimum absolute atomic E-state index is 0.0155. The molecule has 3 aromatic carbocycles. The van der Waals surface area contributed by atoms with Crippen LogP contribution in [0.25, 0.3) is 0 Å². The van der Waals surface area contributed by atoms with Gasteiger partial charge >= 0.3 is 6.03 Å². The number of anilines is 1. The van der Waals surface area contributed by atoms with Crippen LogP contribution in [-0.2, 0) is 11.2 Å². The zero-order valence-electron chi connectivity index (χ0n) is 21.0. The van der Waals surface area contributed by atoms with E-state index in [2.05, 4.69) is 41.8 Å². The van der Waals surface area contributed by atoms with Crippen molar-refractivity contribution in [3.05, 3.63) is 102 Å². The van der Waals surface area contributed by atoms with E-state index in [4.69, 9.17) is 0 Å². The monoisotopic (exact) mass is 471 g/mol. The fourth-order valence-electron chi connectivity index (χ4n) is 4.18. The Morgan fingerprint density at radius 3 is 1.91 bits per heavy atom. The van der Waals surface area contributed by atoms with Gasteiger partial charge in [0, 0.05) is 37.2 Å². The average molecular weight is 472 g/mol. The van der Waals surface area contributed by atoms with Crippen LogP contribution in [0.3, 0.4) is 0 Å². The highest BCUT2D eigenvalue weighted by atomic mass is 16.2. The SMILES string of the molecule is CCc1ccc(NC(=O)N(CCC(=O)NCCC(c2ccccc2)c2ccccc2)C(C)C)cc1. The second kappa shape index (κ2) is 13.3. The van der Waals surface area contributed by atoms with Crippen LogP contribution in [0.4, 0.5) is 10.5 Å². The van der Waals surface area contributed by atoms with E-state index >= 15 is 0 Å². The number of hydrogen-bond donors (Lipinski definition) is 2. The van der Waals surface area contributed by atoms with Gasteiger partial charge in [0.05, 0.1) is 0 Å². The molecule has 0 saturated carbocycles. The second-order valence-electron chi connectivity index (χ2n) is 9.03. The molecule has 3 aromatic rings. The molecule has 0 aromatic heterocycles. The summed E-state index contributed by atoms with van der Waals surface area (Å²) in [4.78, 5) is 27.1. The van der Waals surface area contributed by atoms with Crippen LogP contribution >= 0.6 is 0 Å². The molecular formula is C30H37N3O2.